The summed E-state index contributed by atoms with van der Waals surface area (Å²) < 4.78 is 15.7. The van der Waals surface area contributed by atoms with E-state index in [1.54, 1.807) is 12.1 Å². The molecule has 0 aromatic heterocycles. The van der Waals surface area contributed by atoms with Gasteiger partial charge in [0.25, 0.3) is 11.6 Å². The first-order valence-corrected chi connectivity index (χ1v) is 13.0. The number of nitrogens with one attached hydrogen (secondary N) is 1. The molecule has 3 rings (SSSR count). The molecule has 0 bridgehead atoms. The molecule has 2 aliphatic rings. The number of aromatic hydroxyl groups is 1. The third-order valence-corrected chi connectivity index (χ3v) is 7.56. The standard InChI is InChI=1S/C25H29N3O11S/c1-37-17(10-13-6-8-15(29)9-7-13)22(35)39-11-14-12-40-24-25(38-2,23(36)28(24)19(14)21(33)34)27-18(30)5-3-4-16(26)20(31)32/h6-10,16,24,29H,3-5,11-12,26H2,1-2H3,(H,27,30)(H,31,32)(H,33,34)/b17-10-. The highest BCUT2D eigenvalue weighted by Crippen LogP contribution is 2.46. The summed E-state index contributed by atoms with van der Waals surface area (Å²) in [5.41, 5.74) is 3.91. The smallest absolute Gasteiger partial charge is 0.373 e. The van der Waals surface area contributed by atoms with Crippen molar-refractivity contribution < 1.29 is 53.5 Å². The van der Waals surface area contributed by atoms with E-state index in [2.05, 4.69) is 5.32 Å². The number of carbonyl (C=O) groups excluding carboxylic acids is 3. The fourth-order valence-corrected chi connectivity index (χ4v) is 5.50. The fraction of sp³-hybridized carbons (Fsp3) is 0.400. The molecule has 2 aliphatic heterocycles. The minimum Gasteiger partial charge on any atom is -0.508 e. The van der Waals surface area contributed by atoms with Crippen molar-refractivity contribution in [1.82, 2.24) is 10.2 Å². The molecule has 1 aromatic rings. The van der Waals surface area contributed by atoms with E-state index in [4.69, 9.17) is 25.1 Å². The number of carbonyl (C=O) groups is 5. The van der Waals surface area contributed by atoms with Crippen LogP contribution >= 0.6 is 11.8 Å². The summed E-state index contributed by atoms with van der Waals surface area (Å²) in [5.74, 6) is -5.02. The second-order valence-electron chi connectivity index (χ2n) is 8.80. The Kier molecular flexibility index (Phi) is 9.78. The summed E-state index contributed by atoms with van der Waals surface area (Å²) >= 11 is 1.11. The molecule has 2 amide bonds. The summed E-state index contributed by atoms with van der Waals surface area (Å²) in [4.78, 5) is 62.2. The molecule has 0 spiro atoms. The van der Waals surface area contributed by atoms with E-state index in [1.807, 2.05) is 0 Å². The molecule has 2 heterocycles. The van der Waals surface area contributed by atoms with Gasteiger partial charge in [0, 0.05) is 24.9 Å². The maximum Gasteiger partial charge on any atom is 0.373 e. The lowest BCUT2D eigenvalue weighted by Gasteiger charge is -2.55. The van der Waals surface area contributed by atoms with E-state index < -0.39 is 59.2 Å². The van der Waals surface area contributed by atoms with Gasteiger partial charge in [-0.15, -0.1) is 11.8 Å². The van der Waals surface area contributed by atoms with Gasteiger partial charge in [0.05, 0.1) is 7.11 Å². The number of esters is 1. The Balaban J connectivity index is 1.70. The van der Waals surface area contributed by atoms with Crippen LogP contribution < -0.4 is 11.1 Å². The third kappa shape index (κ3) is 6.38. The Morgan fingerprint density at radius 1 is 1.23 bits per heavy atom. The highest BCUT2D eigenvalue weighted by atomic mass is 32.2. The minimum atomic E-state index is -1.82. The average Bonchev–Trinajstić information content (AvgIpc) is 2.93. The Bertz CT molecular complexity index is 1250. The van der Waals surface area contributed by atoms with Crippen LogP contribution in [0.5, 0.6) is 5.75 Å². The van der Waals surface area contributed by atoms with E-state index >= 15 is 0 Å². The first kappa shape index (κ1) is 30.5. The number of ether oxygens (including phenoxy) is 3. The number of phenols is 1. The molecule has 0 radical (unpaired) electrons. The van der Waals surface area contributed by atoms with Gasteiger partial charge in [-0.1, -0.05) is 12.1 Å². The zero-order chi connectivity index (χ0) is 29.6. The molecule has 14 nitrogen and oxygen atoms in total. The Labute approximate surface area is 232 Å². The van der Waals surface area contributed by atoms with Crippen molar-refractivity contribution in [3.05, 3.63) is 46.9 Å². The zero-order valence-corrected chi connectivity index (χ0v) is 22.4. The van der Waals surface area contributed by atoms with Crippen LogP contribution in [-0.2, 0) is 38.2 Å². The van der Waals surface area contributed by atoms with E-state index in [-0.39, 0.29) is 42.1 Å². The second kappa shape index (κ2) is 12.8. The number of fused-ring (bicyclic) bond motifs is 1. The van der Waals surface area contributed by atoms with E-state index in [1.165, 1.54) is 32.4 Å². The monoisotopic (exact) mass is 579 g/mol. The molecule has 1 fully saturated rings. The maximum atomic E-state index is 13.2. The van der Waals surface area contributed by atoms with Gasteiger partial charge in [0.2, 0.25) is 11.7 Å². The number of hydrogen-bond acceptors (Lipinski definition) is 11. The Hall–Kier alpha value is -4.08. The Morgan fingerprint density at radius 2 is 1.90 bits per heavy atom. The van der Waals surface area contributed by atoms with Gasteiger partial charge in [-0.25, -0.2) is 9.59 Å². The highest BCUT2D eigenvalue weighted by molar-refractivity contribution is 8.00. The fourth-order valence-electron chi connectivity index (χ4n) is 4.08. The predicted molar refractivity (Wildman–Crippen MR) is 139 cm³/mol. The lowest BCUT2D eigenvalue weighted by molar-refractivity contribution is -0.192. The number of amides is 2. The van der Waals surface area contributed by atoms with Crippen LogP contribution in [0.4, 0.5) is 0 Å². The van der Waals surface area contributed by atoms with Crippen molar-refractivity contribution in [2.75, 3.05) is 26.6 Å². The lowest BCUT2D eigenvalue weighted by Crippen LogP contribution is -2.80. The molecule has 40 heavy (non-hydrogen) atoms. The number of nitrogens with zero attached hydrogens (tertiary/aromatic N) is 1. The number of thioether (sulfide) groups is 1. The number of carboxylic acids is 2. The molecule has 0 aliphatic carbocycles. The number of β-lactam (4-membered cyclic amide) rings is 1. The molecule has 1 aromatic carbocycles. The molecule has 3 atom stereocenters. The maximum absolute atomic E-state index is 13.2. The van der Waals surface area contributed by atoms with Crippen LogP contribution in [0.2, 0.25) is 0 Å². The number of methoxy groups -OCH3 is 2. The van der Waals surface area contributed by atoms with Crippen molar-refractivity contribution in [2.24, 2.45) is 5.73 Å². The van der Waals surface area contributed by atoms with E-state index in [0.717, 1.165) is 16.7 Å². The molecule has 3 unspecified atom stereocenters. The normalized spacial score (nSPS) is 21.2. The van der Waals surface area contributed by atoms with Crippen molar-refractivity contribution in [2.45, 2.75) is 36.4 Å². The molecule has 15 heteroatoms. The molecular formula is C25H29N3O11S. The average molecular weight is 580 g/mol. The minimum absolute atomic E-state index is 0.0398. The van der Waals surface area contributed by atoms with E-state index in [9.17, 15) is 34.2 Å². The van der Waals surface area contributed by atoms with Gasteiger partial charge >= 0.3 is 17.9 Å². The number of phenolic OH excluding ortho intramolecular Hbond substituents is 1. The second-order valence-corrected chi connectivity index (χ2v) is 9.87. The Morgan fingerprint density at radius 3 is 2.48 bits per heavy atom. The number of hydrogen-bond donors (Lipinski definition) is 5. The molecule has 0 saturated carbocycles. The number of aliphatic carboxylic acids is 2. The third-order valence-electron chi connectivity index (χ3n) is 6.19. The number of nitrogens with two attached hydrogens (primary N) is 1. The van der Waals surface area contributed by atoms with Crippen molar-refractivity contribution >= 4 is 47.6 Å². The van der Waals surface area contributed by atoms with Crippen LogP contribution in [0.1, 0.15) is 24.8 Å². The van der Waals surface area contributed by atoms with Gasteiger partial charge in [-0.3, -0.25) is 19.3 Å². The summed E-state index contributed by atoms with van der Waals surface area (Å²) in [6.07, 6.45) is 1.45. The molecule has 6 N–H and O–H groups in total. The van der Waals surface area contributed by atoms with Crippen molar-refractivity contribution in [3.8, 4) is 5.75 Å². The SMILES string of the molecule is CO/C(=C\c1ccc(O)cc1)C(=O)OCC1=C(C(=O)O)N2C(=O)C(NC(=O)CCCC(N)C(=O)O)(OC)C2SC1. The molecule has 1 saturated heterocycles. The van der Waals surface area contributed by atoms with Gasteiger partial charge in [0.1, 0.15) is 29.5 Å². The topological polar surface area (TPSA) is 215 Å². The zero-order valence-electron chi connectivity index (χ0n) is 21.6. The summed E-state index contributed by atoms with van der Waals surface area (Å²) in [6.45, 7) is -0.448. The lowest BCUT2D eigenvalue weighted by atomic mass is 9.97. The van der Waals surface area contributed by atoms with Crippen LogP contribution in [0.3, 0.4) is 0 Å². The van der Waals surface area contributed by atoms with Gasteiger partial charge in [-0.05, 0) is 36.6 Å². The highest BCUT2D eigenvalue weighted by Gasteiger charge is 2.66. The summed E-state index contributed by atoms with van der Waals surface area (Å²) in [6, 6.07) is 4.81. The van der Waals surface area contributed by atoms with Gasteiger partial charge < -0.3 is 40.6 Å². The summed E-state index contributed by atoms with van der Waals surface area (Å²) in [5, 5.41) is 29.7. The van der Waals surface area contributed by atoms with E-state index in [0.29, 0.717) is 5.56 Å². The largest absolute Gasteiger partial charge is 0.508 e. The van der Waals surface area contributed by atoms with Crippen molar-refractivity contribution in [3.63, 3.8) is 0 Å². The summed E-state index contributed by atoms with van der Waals surface area (Å²) in [7, 11) is 2.46. The van der Waals surface area contributed by atoms with Crippen molar-refractivity contribution in [1.29, 1.82) is 0 Å². The number of carboxylic acid groups (broad SMARTS) is 2. The number of benzene rings is 1. The van der Waals surface area contributed by atoms with Crippen LogP contribution in [0.25, 0.3) is 6.08 Å². The van der Waals surface area contributed by atoms with Gasteiger partial charge in [-0.2, -0.15) is 0 Å². The first-order valence-electron chi connectivity index (χ1n) is 11.9. The molecule has 216 valence electrons. The van der Waals surface area contributed by atoms with Crippen LogP contribution in [0.15, 0.2) is 41.3 Å². The van der Waals surface area contributed by atoms with Crippen LogP contribution in [0, 0.1) is 0 Å². The first-order chi connectivity index (χ1) is 18.9. The number of rotatable bonds is 13. The quantitative estimate of drug-likeness (QED) is 0.0696. The van der Waals surface area contributed by atoms with Crippen LogP contribution in [-0.4, -0.2) is 93.7 Å². The molecular weight excluding hydrogens is 550 g/mol. The van der Waals surface area contributed by atoms with Gasteiger partial charge in [0.15, 0.2) is 0 Å². The predicted octanol–water partition coefficient (Wildman–Crippen LogP) is 0.218.